The largest absolute Gasteiger partial charge is 0.380 e. The quantitative estimate of drug-likeness (QED) is 0.816. The van der Waals surface area contributed by atoms with Crippen molar-refractivity contribution in [1.29, 1.82) is 0 Å². The number of rotatable bonds is 3. The first-order chi connectivity index (χ1) is 10.7. The third kappa shape index (κ3) is 2.21. The first-order valence-electron chi connectivity index (χ1n) is 7.72. The SMILES string of the molecule is NC(=O)c1sc2c(c1CC1CCNC1)CNc1ccccc1-2. The van der Waals surface area contributed by atoms with Gasteiger partial charge in [-0.2, -0.15) is 0 Å². The molecular formula is C17H19N3OS. The molecule has 114 valence electrons. The van der Waals surface area contributed by atoms with Gasteiger partial charge in [-0.15, -0.1) is 11.3 Å². The van der Waals surface area contributed by atoms with Crippen LogP contribution in [0.15, 0.2) is 24.3 Å². The molecule has 2 aromatic rings. The fraction of sp³-hybridized carbons (Fsp3) is 0.353. The summed E-state index contributed by atoms with van der Waals surface area (Å²) in [6.07, 6.45) is 2.12. The predicted molar refractivity (Wildman–Crippen MR) is 90.3 cm³/mol. The Hall–Kier alpha value is -1.85. The Labute approximate surface area is 133 Å². The smallest absolute Gasteiger partial charge is 0.259 e. The number of anilines is 1. The maximum Gasteiger partial charge on any atom is 0.259 e. The van der Waals surface area contributed by atoms with Gasteiger partial charge in [0, 0.05) is 22.7 Å². The van der Waals surface area contributed by atoms with E-state index in [0.717, 1.165) is 36.6 Å². The minimum absolute atomic E-state index is 0.294. The van der Waals surface area contributed by atoms with Crippen molar-refractivity contribution in [2.45, 2.75) is 19.4 Å². The molecule has 2 aliphatic heterocycles. The lowest BCUT2D eigenvalue weighted by molar-refractivity contribution is 0.100. The molecule has 4 rings (SSSR count). The number of primary amides is 1. The average molecular weight is 313 g/mol. The van der Waals surface area contributed by atoms with Crippen LogP contribution in [0.2, 0.25) is 0 Å². The van der Waals surface area contributed by atoms with Gasteiger partial charge in [-0.25, -0.2) is 0 Å². The highest BCUT2D eigenvalue weighted by atomic mass is 32.1. The molecule has 0 bridgehead atoms. The summed E-state index contributed by atoms with van der Waals surface area (Å²) in [4.78, 5) is 13.9. The minimum atomic E-state index is -0.294. The van der Waals surface area contributed by atoms with E-state index in [-0.39, 0.29) is 5.91 Å². The molecule has 4 nitrogen and oxygen atoms in total. The van der Waals surface area contributed by atoms with Crippen LogP contribution in [0.3, 0.4) is 0 Å². The number of fused-ring (bicyclic) bond motifs is 3. The van der Waals surface area contributed by atoms with Crippen LogP contribution in [0.4, 0.5) is 5.69 Å². The van der Waals surface area contributed by atoms with Crippen LogP contribution >= 0.6 is 11.3 Å². The highest BCUT2D eigenvalue weighted by Gasteiger charge is 2.28. The zero-order chi connectivity index (χ0) is 15.1. The summed E-state index contributed by atoms with van der Waals surface area (Å²) in [5, 5.41) is 6.88. The van der Waals surface area contributed by atoms with E-state index in [9.17, 15) is 4.79 Å². The van der Waals surface area contributed by atoms with E-state index in [4.69, 9.17) is 5.73 Å². The number of amides is 1. The molecular weight excluding hydrogens is 294 g/mol. The molecule has 5 heteroatoms. The summed E-state index contributed by atoms with van der Waals surface area (Å²) < 4.78 is 0. The van der Waals surface area contributed by atoms with Crippen molar-refractivity contribution in [3.63, 3.8) is 0 Å². The van der Waals surface area contributed by atoms with Crippen molar-refractivity contribution in [3.8, 4) is 10.4 Å². The molecule has 0 saturated carbocycles. The average Bonchev–Trinajstić information content (AvgIpc) is 3.16. The van der Waals surface area contributed by atoms with E-state index in [1.54, 1.807) is 11.3 Å². The fourth-order valence-corrected chi connectivity index (χ4v) is 4.76. The van der Waals surface area contributed by atoms with Gasteiger partial charge in [0.25, 0.3) is 5.91 Å². The monoisotopic (exact) mass is 313 g/mol. The van der Waals surface area contributed by atoms with Gasteiger partial charge in [-0.1, -0.05) is 18.2 Å². The fourth-order valence-electron chi connectivity index (χ4n) is 3.51. The lowest BCUT2D eigenvalue weighted by atomic mass is 9.92. The van der Waals surface area contributed by atoms with Gasteiger partial charge in [0.1, 0.15) is 0 Å². The topological polar surface area (TPSA) is 67.2 Å². The third-order valence-corrected chi connectivity index (χ3v) is 5.94. The van der Waals surface area contributed by atoms with Gasteiger partial charge in [-0.05, 0) is 49.0 Å². The summed E-state index contributed by atoms with van der Waals surface area (Å²) in [7, 11) is 0. The normalized spacial score (nSPS) is 19.4. The first kappa shape index (κ1) is 13.8. The molecule has 4 N–H and O–H groups in total. The number of benzene rings is 1. The van der Waals surface area contributed by atoms with Gasteiger partial charge in [0.15, 0.2) is 0 Å². The van der Waals surface area contributed by atoms with Crippen LogP contribution in [0.5, 0.6) is 0 Å². The number of thiophene rings is 1. The summed E-state index contributed by atoms with van der Waals surface area (Å²) in [6.45, 7) is 2.89. The highest BCUT2D eigenvalue weighted by Crippen LogP contribution is 2.44. The number of carbonyl (C=O) groups is 1. The molecule has 1 aromatic carbocycles. The second-order valence-electron chi connectivity index (χ2n) is 6.04. The molecule has 1 amide bonds. The zero-order valence-corrected chi connectivity index (χ0v) is 13.1. The van der Waals surface area contributed by atoms with E-state index in [2.05, 4.69) is 22.8 Å². The van der Waals surface area contributed by atoms with E-state index < -0.39 is 0 Å². The minimum Gasteiger partial charge on any atom is -0.380 e. The van der Waals surface area contributed by atoms with Crippen molar-refractivity contribution >= 4 is 22.9 Å². The molecule has 0 spiro atoms. The molecule has 3 heterocycles. The molecule has 22 heavy (non-hydrogen) atoms. The van der Waals surface area contributed by atoms with E-state index in [0.29, 0.717) is 5.92 Å². The summed E-state index contributed by atoms with van der Waals surface area (Å²) >= 11 is 1.56. The number of carbonyl (C=O) groups excluding carboxylic acids is 1. The molecule has 1 saturated heterocycles. The summed E-state index contributed by atoms with van der Waals surface area (Å²) in [6, 6.07) is 8.27. The lowest BCUT2D eigenvalue weighted by Crippen LogP contribution is -2.17. The number of nitrogens with one attached hydrogen (secondary N) is 2. The van der Waals surface area contributed by atoms with E-state index >= 15 is 0 Å². The Kier molecular flexibility index (Phi) is 3.39. The number of hydrogen-bond donors (Lipinski definition) is 3. The van der Waals surface area contributed by atoms with Gasteiger partial charge in [0.2, 0.25) is 0 Å². The number of para-hydroxylation sites is 1. The standard InChI is InChI=1S/C17H19N3OS/c18-17(21)16-12(7-10-5-6-19-8-10)13-9-20-14-4-2-1-3-11(14)15(13)22-16/h1-4,10,19-20H,5-9H2,(H2,18,21). The number of nitrogens with two attached hydrogens (primary N) is 1. The Morgan fingerprint density at radius 1 is 1.36 bits per heavy atom. The van der Waals surface area contributed by atoms with Crippen LogP contribution in [0.1, 0.15) is 27.2 Å². The van der Waals surface area contributed by atoms with Crippen LogP contribution in [-0.4, -0.2) is 19.0 Å². The van der Waals surface area contributed by atoms with Crippen LogP contribution in [0, 0.1) is 5.92 Å². The number of hydrogen-bond acceptors (Lipinski definition) is 4. The zero-order valence-electron chi connectivity index (χ0n) is 12.3. The van der Waals surface area contributed by atoms with Crippen molar-refractivity contribution in [2.24, 2.45) is 11.7 Å². The van der Waals surface area contributed by atoms with Gasteiger partial charge < -0.3 is 16.4 Å². The van der Waals surface area contributed by atoms with Crippen LogP contribution in [-0.2, 0) is 13.0 Å². The maximum absolute atomic E-state index is 11.9. The highest BCUT2D eigenvalue weighted by molar-refractivity contribution is 7.17. The van der Waals surface area contributed by atoms with E-state index in [1.165, 1.54) is 28.0 Å². The molecule has 2 aliphatic rings. The van der Waals surface area contributed by atoms with Crippen LogP contribution in [0.25, 0.3) is 10.4 Å². The van der Waals surface area contributed by atoms with Crippen molar-refractivity contribution < 1.29 is 4.79 Å². The molecule has 0 radical (unpaired) electrons. The molecule has 1 fully saturated rings. The van der Waals surface area contributed by atoms with Crippen molar-refractivity contribution in [3.05, 3.63) is 40.3 Å². The first-order valence-corrected chi connectivity index (χ1v) is 8.54. The Bertz CT molecular complexity index is 732. The van der Waals surface area contributed by atoms with Crippen LogP contribution < -0.4 is 16.4 Å². The Morgan fingerprint density at radius 3 is 3.00 bits per heavy atom. The molecule has 0 aliphatic carbocycles. The maximum atomic E-state index is 11.9. The molecule has 1 atom stereocenters. The van der Waals surface area contributed by atoms with Crippen molar-refractivity contribution in [1.82, 2.24) is 5.32 Å². The van der Waals surface area contributed by atoms with Gasteiger partial charge in [-0.3, -0.25) is 4.79 Å². The van der Waals surface area contributed by atoms with Gasteiger partial charge in [0.05, 0.1) is 4.88 Å². The second-order valence-corrected chi connectivity index (χ2v) is 7.06. The summed E-state index contributed by atoms with van der Waals surface area (Å²) in [5.41, 5.74) is 10.4. The van der Waals surface area contributed by atoms with Crippen molar-refractivity contribution in [2.75, 3.05) is 18.4 Å². The second kappa shape index (κ2) is 5.41. The predicted octanol–water partition coefficient (Wildman–Crippen LogP) is 2.59. The Balaban J connectivity index is 1.81. The molecule has 1 aromatic heterocycles. The third-order valence-electron chi connectivity index (χ3n) is 4.62. The summed E-state index contributed by atoms with van der Waals surface area (Å²) in [5.74, 6) is 0.312. The molecule has 1 unspecified atom stereocenters. The Morgan fingerprint density at radius 2 is 2.23 bits per heavy atom. The van der Waals surface area contributed by atoms with E-state index in [1.807, 2.05) is 12.1 Å². The lowest BCUT2D eigenvalue weighted by Gasteiger charge is -2.20. The van der Waals surface area contributed by atoms with Gasteiger partial charge >= 0.3 is 0 Å².